The Bertz CT molecular complexity index is 904. The van der Waals surface area contributed by atoms with Crippen LogP contribution in [0.1, 0.15) is 232 Å². The van der Waals surface area contributed by atoms with Crippen molar-refractivity contribution in [3.63, 3.8) is 0 Å². The molecule has 7 atom stereocenters. The van der Waals surface area contributed by atoms with Crippen molar-refractivity contribution in [3.8, 4) is 0 Å². The van der Waals surface area contributed by atoms with E-state index in [0.717, 1.165) is 32.1 Å². The lowest BCUT2D eigenvalue weighted by atomic mass is 9.99. The minimum Gasteiger partial charge on any atom is -0.394 e. The fourth-order valence-electron chi connectivity index (χ4n) is 7.90. The molecule has 0 bridgehead atoms. The maximum Gasteiger partial charge on any atom is 0.220 e. The molecule has 0 aromatic rings. The Kier molecular flexibility index (Phi) is 37.0. The predicted octanol–water partition coefficient (Wildman–Crippen LogP) is 10.5. The third-order valence-corrected chi connectivity index (χ3v) is 11.9. The molecule has 0 saturated carbocycles. The second-order valence-electron chi connectivity index (χ2n) is 17.3. The molecule has 1 amide bonds. The molecule has 1 saturated heterocycles. The van der Waals surface area contributed by atoms with Crippen LogP contribution in [0, 0.1) is 0 Å². The lowest BCUT2D eigenvalue weighted by Gasteiger charge is -2.40. The number of aliphatic hydroxyl groups excluding tert-OH is 5. The molecule has 0 aliphatic carbocycles. The summed E-state index contributed by atoms with van der Waals surface area (Å²) in [7, 11) is 0. The fourth-order valence-corrected chi connectivity index (χ4v) is 7.90. The van der Waals surface area contributed by atoms with E-state index in [2.05, 4.69) is 12.2 Å². The molecule has 1 rings (SSSR count). The van der Waals surface area contributed by atoms with Crippen molar-refractivity contribution in [2.45, 2.75) is 275 Å². The number of ether oxygens (including phenoxy) is 2. The molecule has 6 N–H and O–H groups in total. The highest BCUT2D eigenvalue weighted by Gasteiger charge is 2.44. The first kappa shape index (κ1) is 53.9. The lowest BCUT2D eigenvalue weighted by Crippen LogP contribution is -2.60. The van der Waals surface area contributed by atoms with E-state index in [1.807, 2.05) is 13.0 Å². The van der Waals surface area contributed by atoms with Crippen LogP contribution in [-0.2, 0) is 14.3 Å². The van der Waals surface area contributed by atoms with E-state index in [4.69, 9.17) is 9.47 Å². The van der Waals surface area contributed by atoms with Gasteiger partial charge in [-0.1, -0.05) is 219 Å². The SMILES string of the molecule is CCCCCCCCCCCCCCCCCCCCCCCCCCCCCCCC/C=C/C(O)C(COC1OC(CO)C(O)C(O)C1O)NC(=O)CCCC. The standard InChI is InChI=1S/C48H93NO8/c1-3-5-7-8-9-10-11-12-13-14-15-16-17-18-19-20-21-22-23-24-25-26-27-28-29-30-31-32-33-34-35-36-37-42(51)41(49-44(52)38-6-4-2)40-56-48-47(55)46(54)45(53)43(39-50)57-48/h36-37,41-43,45-48,50-51,53-55H,3-35,38-40H2,1-2H3,(H,49,52)/b37-36+. The first-order valence-corrected chi connectivity index (χ1v) is 24.4. The number of unbranched alkanes of at least 4 members (excludes halogenated alkanes) is 31. The van der Waals surface area contributed by atoms with Gasteiger partial charge in [-0.25, -0.2) is 0 Å². The Balaban J connectivity index is 1.97. The molecule has 338 valence electrons. The van der Waals surface area contributed by atoms with E-state index in [9.17, 15) is 30.3 Å². The number of rotatable bonds is 41. The summed E-state index contributed by atoms with van der Waals surface area (Å²) in [6.45, 7) is 3.54. The van der Waals surface area contributed by atoms with Crippen molar-refractivity contribution in [2.75, 3.05) is 13.2 Å². The third-order valence-electron chi connectivity index (χ3n) is 11.9. The van der Waals surface area contributed by atoms with Crippen LogP contribution in [0.5, 0.6) is 0 Å². The number of nitrogens with one attached hydrogen (secondary N) is 1. The van der Waals surface area contributed by atoms with Gasteiger partial charge in [-0.05, 0) is 19.3 Å². The molecule has 1 fully saturated rings. The van der Waals surface area contributed by atoms with Crippen LogP contribution in [0.4, 0.5) is 0 Å². The molecule has 0 aromatic carbocycles. The van der Waals surface area contributed by atoms with Crippen LogP contribution in [0.3, 0.4) is 0 Å². The number of aliphatic hydroxyl groups is 5. The van der Waals surface area contributed by atoms with Crippen LogP contribution >= 0.6 is 0 Å². The van der Waals surface area contributed by atoms with Gasteiger partial charge in [0.2, 0.25) is 5.91 Å². The zero-order valence-electron chi connectivity index (χ0n) is 37.1. The maximum atomic E-state index is 12.5. The average molecular weight is 812 g/mol. The molecular weight excluding hydrogens is 719 g/mol. The second-order valence-corrected chi connectivity index (χ2v) is 17.3. The summed E-state index contributed by atoms with van der Waals surface area (Å²) >= 11 is 0. The Morgan fingerprint density at radius 3 is 1.35 bits per heavy atom. The summed E-state index contributed by atoms with van der Waals surface area (Å²) < 4.78 is 11.1. The van der Waals surface area contributed by atoms with Crippen LogP contribution in [0.15, 0.2) is 12.2 Å². The van der Waals surface area contributed by atoms with E-state index < -0.39 is 49.5 Å². The highest BCUT2D eigenvalue weighted by molar-refractivity contribution is 5.76. The quantitative estimate of drug-likeness (QED) is 0.0264. The first-order valence-electron chi connectivity index (χ1n) is 24.4. The van der Waals surface area contributed by atoms with Gasteiger partial charge in [0.15, 0.2) is 6.29 Å². The number of carbonyl (C=O) groups is 1. The Hall–Kier alpha value is -1.07. The number of carbonyl (C=O) groups excluding carboxylic acids is 1. The minimum atomic E-state index is -1.56. The van der Waals surface area contributed by atoms with E-state index in [1.165, 1.54) is 180 Å². The van der Waals surface area contributed by atoms with Crippen LogP contribution in [0.2, 0.25) is 0 Å². The van der Waals surface area contributed by atoms with Gasteiger partial charge in [0, 0.05) is 6.42 Å². The summed E-state index contributed by atoms with van der Waals surface area (Å²) in [6, 6.07) is -0.795. The molecule has 9 heteroatoms. The molecule has 9 nitrogen and oxygen atoms in total. The second kappa shape index (κ2) is 39.1. The molecule has 0 aromatic heterocycles. The number of hydrogen-bond donors (Lipinski definition) is 6. The summed E-state index contributed by atoms with van der Waals surface area (Å²) in [6.07, 6.45) is 40.0. The van der Waals surface area contributed by atoms with Gasteiger partial charge in [-0.15, -0.1) is 0 Å². The van der Waals surface area contributed by atoms with Gasteiger partial charge in [0.1, 0.15) is 24.4 Å². The van der Waals surface area contributed by atoms with E-state index in [1.54, 1.807) is 6.08 Å². The Morgan fingerprint density at radius 2 is 0.965 bits per heavy atom. The zero-order valence-corrected chi connectivity index (χ0v) is 37.1. The van der Waals surface area contributed by atoms with E-state index in [0.29, 0.717) is 6.42 Å². The van der Waals surface area contributed by atoms with Gasteiger partial charge in [-0.3, -0.25) is 4.79 Å². The lowest BCUT2D eigenvalue weighted by molar-refractivity contribution is -0.302. The van der Waals surface area contributed by atoms with E-state index in [-0.39, 0.29) is 12.5 Å². The normalized spacial score (nSPS) is 21.0. The predicted molar refractivity (Wildman–Crippen MR) is 235 cm³/mol. The zero-order chi connectivity index (χ0) is 41.6. The van der Waals surface area contributed by atoms with Gasteiger partial charge >= 0.3 is 0 Å². The van der Waals surface area contributed by atoms with Crippen molar-refractivity contribution in [1.82, 2.24) is 5.32 Å². The summed E-state index contributed by atoms with van der Waals surface area (Å²) in [5.41, 5.74) is 0. The average Bonchev–Trinajstić information content (AvgIpc) is 3.21. The van der Waals surface area contributed by atoms with Crippen molar-refractivity contribution >= 4 is 5.91 Å². The molecule has 7 unspecified atom stereocenters. The highest BCUT2D eigenvalue weighted by atomic mass is 16.7. The van der Waals surface area contributed by atoms with Gasteiger partial charge in [0.05, 0.1) is 25.4 Å². The summed E-state index contributed by atoms with van der Waals surface area (Å²) in [4.78, 5) is 12.5. The van der Waals surface area contributed by atoms with Crippen molar-refractivity contribution in [3.05, 3.63) is 12.2 Å². The van der Waals surface area contributed by atoms with Crippen molar-refractivity contribution < 1.29 is 39.8 Å². The Labute approximate surface area is 350 Å². The first-order chi connectivity index (χ1) is 27.8. The van der Waals surface area contributed by atoms with Crippen LogP contribution in [-0.4, -0.2) is 87.5 Å². The molecule has 1 aliphatic heterocycles. The molecule has 0 radical (unpaired) electrons. The smallest absolute Gasteiger partial charge is 0.220 e. The third kappa shape index (κ3) is 29.7. The Morgan fingerprint density at radius 1 is 0.579 bits per heavy atom. The molecule has 57 heavy (non-hydrogen) atoms. The van der Waals surface area contributed by atoms with E-state index >= 15 is 0 Å². The van der Waals surface area contributed by atoms with Gasteiger partial charge in [0.25, 0.3) is 0 Å². The van der Waals surface area contributed by atoms with Crippen LogP contribution < -0.4 is 5.32 Å². The van der Waals surface area contributed by atoms with Gasteiger partial charge < -0.3 is 40.3 Å². The fraction of sp³-hybridized carbons (Fsp3) is 0.938. The summed E-state index contributed by atoms with van der Waals surface area (Å²) in [5.74, 6) is -0.210. The number of hydrogen-bond acceptors (Lipinski definition) is 8. The minimum absolute atomic E-state index is 0.189. The largest absolute Gasteiger partial charge is 0.394 e. The van der Waals surface area contributed by atoms with Crippen molar-refractivity contribution in [2.24, 2.45) is 0 Å². The van der Waals surface area contributed by atoms with Gasteiger partial charge in [-0.2, -0.15) is 0 Å². The van der Waals surface area contributed by atoms with Crippen LogP contribution in [0.25, 0.3) is 0 Å². The molecule has 0 spiro atoms. The summed E-state index contributed by atoms with van der Waals surface area (Å²) in [5, 5.41) is 53.5. The molecule has 1 heterocycles. The monoisotopic (exact) mass is 812 g/mol. The molecule has 1 aliphatic rings. The van der Waals surface area contributed by atoms with Crippen molar-refractivity contribution in [1.29, 1.82) is 0 Å². The topological polar surface area (TPSA) is 149 Å². The number of allylic oxidation sites excluding steroid dienone is 1. The maximum absolute atomic E-state index is 12.5. The number of amides is 1. The molecular formula is C48H93NO8. The highest BCUT2D eigenvalue weighted by Crippen LogP contribution is 2.23.